The van der Waals surface area contributed by atoms with E-state index in [4.69, 9.17) is 0 Å². The second-order valence-electron chi connectivity index (χ2n) is 8.38. The Labute approximate surface area is 155 Å². The molecule has 4 rings (SSSR count). The zero-order chi connectivity index (χ0) is 18.6. The molecular formula is C18H28N4O3S. The van der Waals surface area contributed by atoms with Crippen LogP contribution in [0.2, 0.25) is 0 Å². The molecule has 0 aromatic carbocycles. The summed E-state index contributed by atoms with van der Waals surface area (Å²) in [7, 11) is -1.32. The van der Waals surface area contributed by atoms with Gasteiger partial charge in [-0.05, 0) is 30.7 Å². The molecule has 1 aromatic heterocycles. The Balaban J connectivity index is 1.59. The second kappa shape index (κ2) is 6.34. The molecular weight excluding hydrogens is 352 g/mol. The van der Waals surface area contributed by atoms with E-state index in [0.717, 1.165) is 18.8 Å². The number of hydrogen-bond donors (Lipinski definition) is 0. The lowest BCUT2D eigenvalue weighted by Gasteiger charge is -2.44. The number of amides is 1. The molecule has 7 nitrogen and oxygen atoms in total. The number of aryl methyl sites for hydroxylation is 1. The summed E-state index contributed by atoms with van der Waals surface area (Å²) >= 11 is 0. The van der Waals surface area contributed by atoms with E-state index in [1.54, 1.807) is 16.6 Å². The fourth-order valence-corrected chi connectivity index (χ4v) is 6.27. The first kappa shape index (κ1) is 18.0. The van der Waals surface area contributed by atoms with Crippen molar-refractivity contribution in [2.75, 3.05) is 31.1 Å². The molecule has 3 heterocycles. The minimum Gasteiger partial charge on any atom is -0.330 e. The van der Waals surface area contributed by atoms with Crippen LogP contribution in [0.1, 0.15) is 48.8 Å². The second-order valence-corrected chi connectivity index (χ2v) is 10.5. The van der Waals surface area contributed by atoms with Crippen molar-refractivity contribution in [1.29, 1.82) is 0 Å². The van der Waals surface area contributed by atoms with Gasteiger partial charge < -0.3 is 4.90 Å². The van der Waals surface area contributed by atoms with Gasteiger partial charge in [0.1, 0.15) is 5.69 Å². The topological polar surface area (TPSA) is 75.5 Å². The third-order valence-electron chi connectivity index (χ3n) is 5.95. The molecule has 144 valence electrons. The highest BCUT2D eigenvalue weighted by Gasteiger charge is 2.49. The molecule has 3 aliphatic rings. The van der Waals surface area contributed by atoms with Crippen molar-refractivity contribution in [3.05, 3.63) is 17.5 Å². The van der Waals surface area contributed by atoms with Gasteiger partial charge in [-0.2, -0.15) is 5.10 Å². The van der Waals surface area contributed by atoms with Gasteiger partial charge in [-0.3, -0.25) is 14.4 Å². The highest BCUT2D eigenvalue weighted by molar-refractivity contribution is 7.91. The van der Waals surface area contributed by atoms with Crippen molar-refractivity contribution < 1.29 is 13.2 Å². The Morgan fingerprint density at radius 2 is 1.92 bits per heavy atom. The van der Waals surface area contributed by atoms with Crippen LogP contribution in [0.4, 0.5) is 0 Å². The molecule has 0 radical (unpaired) electrons. The van der Waals surface area contributed by atoms with Crippen molar-refractivity contribution in [2.24, 2.45) is 13.0 Å². The Morgan fingerprint density at radius 1 is 1.23 bits per heavy atom. The number of aromatic nitrogens is 2. The molecule has 0 N–H and O–H groups in total. The number of carbonyl (C=O) groups excluding carboxylic acids is 1. The van der Waals surface area contributed by atoms with E-state index >= 15 is 0 Å². The first-order chi connectivity index (χ1) is 12.2. The lowest BCUT2D eigenvalue weighted by atomic mass is 10.0. The van der Waals surface area contributed by atoms with Gasteiger partial charge in [0.2, 0.25) is 0 Å². The van der Waals surface area contributed by atoms with E-state index in [1.807, 2.05) is 19.9 Å². The van der Waals surface area contributed by atoms with Crippen LogP contribution in [0, 0.1) is 5.92 Å². The fourth-order valence-electron chi connectivity index (χ4n) is 4.25. The normalized spacial score (nSPS) is 28.5. The lowest BCUT2D eigenvalue weighted by molar-refractivity contribution is 0.0309. The maximum absolute atomic E-state index is 13.2. The molecule has 8 heteroatoms. The van der Waals surface area contributed by atoms with Gasteiger partial charge in [-0.15, -0.1) is 0 Å². The van der Waals surface area contributed by atoms with Gasteiger partial charge in [0.05, 0.1) is 23.2 Å². The molecule has 1 saturated carbocycles. The summed E-state index contributed by atoms with van der Waals surface area (Å²) in [6.45, 7) is 6.42. The molecule has 2 saturated heterocycles. The largest absolute Gasteiger partial charge is 0.330 e. The lowest BCUT2D eigenvalue weighted by Crippen LogP contribution is -2.61. The van der Waals surface area contributed by atoms with Crippen LogP contribution in [-0.2, 0) is 16.9 Å². The number of nitrogens with zero attached hydrogens (tertiary/aromatic N) is 4. The van der Waals surface area contributed by atoms with Crippen LogP contribution >= 0.6 is 0 Å². The van der Waals surface area contributed by atoms with Gasteiger partial charge in [0.25, 0.3) is 5.91 Å². The summed E-state index contributed by atoms with van der Waals surface area (Å²) in [5.74, 6) is 1.13. The summed E-state index contributed by atoms with van der Waals surface area (Å²) < 4.78 is 26.3. The first-order valence-electron chi connectivity index (χ1n) is 9.54. The average Bonchev–Trinajstić information content (AvgIpc) is 3.18. The molecule has 1 amide bonds. The van der Waals surface area contributed by atoms with Crippen LogP contribution < -0.4 is 0 Å². The Kier molecular flexibility index (Phi) is 4.38. The predicted octanol–water partition coefficient (Wildman–Crippen LogP) is 0.877. The monoisotopic (exact) mass is 380 g/mol. The molecule has 1 aromatic rings. The highest BCUT2D eigenvalue weighted by Crippen LogP contribution is 2.34. The minimum atomic E-state index is -3.10. The summed E-state index contributed by atoms with van der Waals surface area (Å²) in [5.41, 5.74) is 1.44. The number of piperazine rings is 1. The van der Waals surface area contributed by atoms with Gasteiger partial charge >= 0.3 is 0 Å². The number of carbonyl (C=O) groups is 1. The summed E-state index contributed by atoms with van der Waals surface area (Å²) in [4.78, 5) is 17.3. The first-order valence-corrected chi connectivity index (χ1v) is 11.4. The predicted molar refractivity (Wildman–Crippen MR) is 98.9 cm³/mol. The maximum atomic E-state index is 13.2. The Morgan fingerprint density at radius 3 is 2.54 bits per heavy atom. The number of hydrogen-bond acceptors (Lipinski definition) is 5. The standard InChI is InChI=1S/C18H28N4O3S/c1-12(2)14-8-15(20(3)19-14)18(23)22-7-6-21(9-13-4-5-13)16-10-26(24,25)11-17(16)22/h8,12-13,16-17H,4-7,9-11H2,1-3H3/t16-,17+/m1/s1. The van der Waals surface area contributed by atoms with E-state index in [2.05, 4.69) is 10.00 Å². The maximum Gasteiger partial charge on any atom is 0.272 e. The van der Waals surface area contributed by atoms with Crippen LogP contribution in [0.3, 0.4) is 0 Å². The smallest absolute Gasteiger partial charge is 0.272 e. The van der Waals surface area contributed by atoms with Gasteiger partial charge in [-0.1, -0.05) is 13.8 Å². The van der Waals surface area contributed by atoms with E-state index < -0.39 is 9.84 Å². The van der Waals surface area contributed by atoms with Crippen LogP contribution in [0.15, 0.2) is 6.07 Å². The third kappa shape index (κ3) is 3.29. The van der Waals surface area contributed by atoms with Crippen molar-refractivity contribution >= 4 is 15.7 Å². The van der Waals surface area contributed by atoms with Crippen LogP contribution in [0.25, 0.3) is 0 Å². The molecule has 26 heavy (non-hydrogen) atoms. The van der Waals surface area contributed by atoms with E-state index in [0.29, 0.717) is 18.2 Å². The van der Waals surface area contributed by atoms with Gasteiger partial charge in [0.15, 0.2) is 9.84 Å². The number of fused-ring (bicyclic) bond motifs is 1. The van der Waals surface area contributed by atoms with Crippen LogP contribution in [-0.4, -0.2) is 77.1 Å². The quantitative estimate of drug-likeness (QED) is 0.775. The van der Waals surface area contributed by atoms with Gasteiger partial charge in [0, 0.05) is 32.7 Å². The fraction of sp³-hybridized carbons (Fsp3) is 0.778. The Bertz CT molecular complexity index is 812. The third-order valence-corrected chi connectivity index (χ3v) is 7.65. The van der Waals surface area contributed by atoms with Crippen molar-refractivity contribution in [1.82, 2.24) is 19.6 Å². The molecule has 2 atom stereocenters. The minimum absolute atomic E-state index is 0.0592. The Hall–Kier alpha value is -1.41. The van der Waals surface area contributed by atoms with E-state index in [1.165, 1.54) is 12.8 Å². The average molecular weight is 381 g/mol. The molecule has 3 fully saturated rings. The molecule has 2 aliphatic heterocycles. The summed E-state index contributed by atoms with van der Waals surface area (Å²) in [5, 5.41) is 4.44. The zero-order valence-corrected chi connectivity index (χ0v) is 16.6. The SMILES string of the molecule is CC(C)c1cc(C(=O)N2CCN(CC3CC3)[C@@H]3CS(=O)(=O)C[C@@H]32)n(C)n1. The number of sulfone groups is 1. The molecule has 0 unspecified atom stereocenters. The summed E-state index contributed by atoms with van der Waals surface area (Å²) in [6, 6.07) is 1.55. The van der Waals surface area contributed by atoms with Crippen molar-refractivity contribution in [3.63, 3.8) is 0 Å². The highest BCUT2D eigenvalue weighted by atomic mass is 32.2. The zero-order valence-electron chi connectivity index (χ0n) is 15.8. The molecule has 0 spiro atoms. The molecule has 1 aliphatic carbocycles. The summed E-state index contributed by atoms with van der Waals surface area (Å²) in [6.07, 6.45) is 2.49. The van der Waals surface area contributed by atoms with Crippen LogP contribution in [0.5, 0.6) is 0 Å². The van der Waals surface area contributed by atoms with Crippen molar-refractivity contribution in [3.8, 4) is 0 Å². The van der Waals surface area contributed by atoms with Crippen molar-refractivity contribution in [2.45, 2.75) is 44.7 Å². The molecule has 0 bridgehead atoms. The van der Waals surface area contributed by atoms with E-state index in [9.17, 15) is 13.2 Å². The van der Waals surface area contributed by atoms with Gasteiger partial charge in [-0.25, -0.2) is 8.42 Å². The van der Waals surface area contributed by atoms with E-state index in [-0.39, 0.29) is 35.4 Å². The number of rotatable bonds is 4.